The number of benzene rings is 3. The summed E-state index contributed by atoms with van der Waals surface area (Å²) in [5, 5.41) is 21.2. The second-order valence-electron chi connectivity index (χ2n) is 10.0. The van der Waals surface area contributed by atoms with Gasteiger partial charge in [-0.15, -0.1) is 11.3 Å². The van der Waals surface area contributed by atoms with Crippen LogP contribution in [0.2, 0.25) is 0 Å². The van der Waals surface area contributed by atoms with E-state index in [1.54, 1.807) is 29.2 Å². The number of nitrogens with one attached hydrogen (secondary N) is 1. The minimum atomic E-state index is -0.919. The maximum absolute atomic E-state index is 12.4. The number of carboxylic acid groups (broad SMARTS) is 1. The lowest BCUT2D eigenvalue weighted by Crippen LogP contribution is -2.38. The number of amides is 1. The Morgan fingerprint density at radius 2 is 1.80 bits per heavy atom. The van der Waals surface area contributed by atoms with Crippen LogP contribution in [0, 0.1) is 5.92 Å². The van der Waals surface area contributed by atoms with Crippen LogP contribution in [0.4, 0.5) is 5.69 Å². The molecule has 0 spiro atoms. The average molecular weight is 593 g/mol. The Hall–Kier alpha value is -3.28. The van der Waals surface area contributed by atoms with Gasteiger partial charge in [0, 0.05) is 35.8 Å². The summed E-state index contributed by atoms with van der Waals surface area (Å²) in [6.07, 6.45) is -0.718. The molecule has 1 aliphatic heterocycles. The van der Waals surface area contributed by atoms with E-state index in [4.69, 9.17) is 19.6 Å². The third kappa shape index (κ3) is 7.52. The molecule has 2 heterocycles. The van der Waals surface area contributed by atoms with E-state index in [0.29, 0.717) is 11.4 Å². The fraction of sp³-hybridized carbons (Fsp3) is 0.323. The average Bonchev–Trinajstić information content (AvgIpc) is 3.40. The highest BCUT2D eigenvalue weighted by Gasteiger charge is 2.38. The first-order valence-electron chi connectivity index (χ1n) is 13.5. The van der Waals surface area contributed by atoms with Crippen molar-refractivity contribution >= 4 is 50.9 Å². The topological polar surface area (TPSA) is 118 Å². The number of aromatic nitrogens is 1. The number of thioether (sulfide) groups is 1. The zero-order valence-electron chi connectivity index (χ0n) is 22.6. The second-order valence-corrected chi connectivity index (χ2v) is 12.3. The monoisotopic (exact) mass is 592 g/mol. The quantitative estimate of drug-likeness (QED) is 0.168. The molecule has 214 valence electrons. The lowest BCUT2D eigenvalue weighted by Gasteiger charge is -2.41. The molecule has 1 fully saturated rings. The maximum Gasteiger partial charge on any atom is 0.303 e. The lowest BCUT2D eigenvalue weighted by molar-refractivity contribution is -0.268. The number of hydrogen-bond acceptors (Lipinski definition) is 8. The largest absolute Gasteiger partial charge is 0.481 e. The molecule has 1 aromatic heterocycles. The molecule has 0 unspecified atom stereocenters. The summed E-state index contributed by atoms with van der Waals surface area (Å²) in [4.78, 5) is 27.9. The number of ether oxygens (including phenoxy) is 2. The van der Waals surface area contributed by atoms with Crippen molar-refractivity contribution in [3.8, 4) is 0 Å². The molecule has 0 radical (unpaired) electrons. The summed E-state index contributed by atoms with van der Waals surface area (Å²) in [5.74, 6) is -0.441. The van der Waals surface area contributed by atoms with E-state index in [2.05, 4.69) is 18.3 Å². The number of hydrogen-bond donors (Lipinski definition) is 3. The van der Waals surface area contributed by atoms with E-state index in [1.807, 2.05) is 60.7 Å². The van der Waals surface area contributed by atoms with Crippen molar-refractivity contribution in [1.29, 1.82) is 0 Å². The first-order valence-corrected chi connectivity index (χ1v) is 15.3. The highest BCUT2D eigenvalue weighted by atomic mass is 32.2. The van der Waals surface area contributed by atoms with Gasteiger partial charge in [0.2, 0.25) is 5.91 Å². The number of aliphatic hydroxyl groups is 1. The lowest BCUT2D eigenvalue weighted by atomic mass is 9.91. The molecule has 4 aromatic rings. The van der Waals surface area contributed by atoms with Crippen LogP contribution in [0.15, 0.2) is 77.1 Å². The van der Waals surface area contributed by atoms with Crippen LogP contribution in [0.25, 0.3) is 10.2 Å². The molecule has 1 aliphatic rings. The molecule has 0 saturated carbocycles. The van der Waals surface area contributed by atoms with Crippen LogP contribution in [0.5, 0.6) is 0 Å². The summed E-state index contributed by atoms with van der Waals surface area (Å²) < 4.78 is 15.2. The number of carbonyl (C=O) groups excluding carboxylic acids is 1. The molecule has 5 rings (SSSR count). The first-order chi connectivity index (χ1) is 19.9. The van der Waals surface area contributed by atoms with Gasteiger partial charge in [-0.25, -0.2) is 4.98 Å². The molecule has 1 amide bonds. The SMILES string of the molecule is C[C@@H]1[C@H](CSc2nc3ccccc3s2)O[C@H](c2cccc(NC(=O)CCCC(=O)O)c2)O[C@@H]1c1ccc(CO)cc1. The third-order valence-electron chi connectivity index (χ3n) is 7.01. The molecule has 0 bridgehead atoms. The fourth-order valence-corrected chi connectivity index (χ4v) is 7.02. The predicted molar refractivity (Wildman–Crippen MR) is 160 cm³/mol. The van der Waals surface area contributed by atoms with Crippen molar-refractivity contribution in [3.63, 3.8) is 0 Å². The summed E-state index contributed by atoms with van der Waals surface area (Å²) in [6.45, 7) is 2.10. The Morgan fingerprint density at radius 3 is 2.56 bits per heavy atom. The summed E-state index contributed by atoms with van der Waals surface area (Å²) >= 11 is 3.34. The van der Waals surface area contributed by atoms with Crippen LogP contribution in [0.1, 0.15) is 55.3 Å². The Labute approximate surface area is 246 Å². The van der Waals surface area contributed by atoms with E-state index < -0.39 is 12.3 Å². The molecule has 4 atom stereocenters. The zero-order valence-corrected chi connectivity index (χ0v) is 24.2. The van der Waals surface area contributed by atoms with Gasteiger partial charge in [-0.1, -0.05) is 67.2 Å². The van der Waals surface area contributed by atoms with Gasteiger partial charge in [-0.3, -0.25) is 9.59 Å². The minimum Gasteiger partial charge on any atom is -0.481 e. The van der Waals surface area contributed by atoms with Crippen LogP contribution in [-0.4, -0.2) is 38.9 Å². The molecule has 8 nitrogen and oxygen atoms in total. The summed E-state index contributed by atoms with van der Waals surface area (Å²) in [6, 6.07) is 23.2. The van der Waals surface area contributed by atoms with Crippen molar-refractivity contribution < 1.29 is 29.3 Å². The van der Waals surface area contributed by atoms with Gasteiger partial charge in [-0.05, 0) is 41.8 Å². The highest BCUT2D eigenvalue weighted by molar-refractivity contribution is 8.01. The number of carboxylic acids is 1. The van der Waals surface area contributed by atoms with Crippen LogP contribution in [0.3, 0.4) is 0 Å². The Bertz CT molecular complexity index is 1460. The molecular weight excluding hydrogens is 560 g/mol. The number of nitrogens with zero attached hydrogens (tertiary/aromatic N) is 1. The molecule has 1 saturated heterocycles. The second kappa shape index (κ2) is 13.6. The molecule has 3 aromatic carbocycles. The number of aliphatic carboxylic acids is 1. The number of fused-ring (bicyclic) bond motifs is 1. The molecule has 3 N–H and O–H groups in total. The van der Waals surface area contributed by atoms with Crippen molar-refractivity contribution in [2.75, 3.05) is 11.1 Å². The Balaban J connectivity index is 1.34. The number of aliphatic hydroxyl groups excluding tert-OH is 1. The van der Waals surface area contributed by atoms with E-state index in [9.17, 15) is 14.7 Å². The van der Waals surface area contributed by atoms with Gasteiger partial charge in [0.25, 0.3) is 0 Å². The van der Waals surface area contributed by atoms with Gasteiger partial charge in [0.15, 0.2) is 10.6 Å². The number of para-hydroxylation sites is 1. The van der Waals surface area contributed by atoms with E-state index in [-0.39, 0.29) is 49.9 Å². The minimum absolute atomic E-state index is 0.0245. The smallest absolute Gasteiger partial charge is 0.303 e. The van der Waals surface area contributed by atoms with Crippen molar-refractivity contribution in [1.82, 2.24) is 4.98 Å². The normalized spacial score (nSPS) is 20.6. The number of thiazole rings is 1. The van der Waals surface area contributed by atoms with E-state index in [0.717, 1.165) is 31.2 Å². The Kier molecular flexibility index (Phi) is 9.68. The maximum atomic E-state index is 12.4. The van der Waals surface area contributed by atoms with Crippen molar-refractivity contribution in [2.45, 2.75) is 55.6 Å². The molecule has 41 heavy (non-hydrogen) atoms. The Morgan fingerprint density at radius 1 is 1.00 bits per heavy atom. The fourth-order valence-electron chi connectivity index (χ4n) is 4.76. The predicted octanol–water partition coefficient (Wildman–Crippen LogP) is 6.57. The zero-order chi connectivity index (χ0) is 28.8. The van der Waals surface area contributed by atoms with Gasteiger partial charge in [0.1, 0.15) is 0 Å². The van der Waals surface area contributed by atoms with E-state index >= 15 is 0 Å². The van der Waals surface area contributed by atoms with Crippen molar-refractivity contribution in [2.24, 2.45) is 5.92 Å². The van der Waals surface area contributed by atoms with Gasteiger partial charge in [-0.2, -0.15) is 0 Å². The summed E-state index contributed by atoms with van der Waals surface area (Å²) in [7, 11) is 0. The van der Waals surface area contributed by atoms with Crippen LogP contribution in [-0.2, 0) is 25.7 Å². The first kappa shape index (κ1) is 29.2. The standard InChI is InChI=1S/C31H32N2O6S2/c1-19-25(18-40-31-33-24-8-2-3-9-26(24)41-31)38-30(39-29(19)21-14-12-20(17-34)13-15-21)22-6-4-7-23(16-22)32-27(35)10-5-11-28(36)37/h2-4,6-9,12-16,19,25,29-30,34H,5,10-11,17-18H2,1H3,(H,32,35)(H,36,37)/t19-,25+,29+,30+/m1/s1. The molecule has 10 heteroatoms. The molecular formula is C31H32N2O6S2. The van der Waals surface area contributed by atoms with E-state index in [1.165, 1.54) is 0 Å². The molecule has 0 aliphatic carbocycles. The number of rotatable bonds is 11. The van der Waals surface area contributed by atoms with Crippen LogP contribution < -0.4 is 5.32 Å². The highest BCUT2D eigenvalue weighted by Crippen LogP contribution is 2.43. The number of anilines is 1. The van der Waals surface area contributed by atoms with Crippen molar-refractivity contribution in [3.05, 3.63) is 89.5 Å². The number of carbonyl (C=O) groups is 2. The van der Waals surface area contributed by atoms with Crippen LogP contribution >= 0.6 is 23.1 Å². The van der Waals surface area contributed by atoms with Gasteiger partial charge >= 0.3 is 5.97 Å². The summed E-state index contributed by atoms with van der Waals surface area (Å²) in [5.41, 5.74) is 4.19. The van der Waals surface area contributed by atoms with Gasteiger partial charge < -0.3 is 25.0 Å². The van der Waals surface area contributed by atoms with Gasteiger partial charge in [0.05, 0.1) is 29.0 Å². The third-order valence-corrected chi connectivity index (χ3v) is 9.27.